The van der Waals surface area contributed by atoms with Gasteiger partial charge < -0.3 is 19.9 Å². The highest BCUT2D eigenvalue weighted by atomic mass is 32.1. The van der Waals surface area contributed by atoms with E-state index < -0.39 is 5.97 Å². The monoisotopic (exact) mass is 362 g/mol. The maximum absolute atomic E-state index is 12.2. The first-order valence-corrected chi connectivity index (χ1v) is 8.80. The van der Waals surface area contributed by atoms with E-state index in [9.17, 15) is 9.59 Å². The molecule has 3 rings (SSSR count). The van der Waals surface area contributed by atoms with Crippen molar-refractivity contribution >= 4 is 23.2 Å². The molecule has 2 aromatic rings. The standard InChI is InChI=1S/C17H18N2O5S/c20-16(18-8-15-19-14(10-25-15)17(21)22)11-3-1-4-12(7-11)24-9-13-5-2-6-23-13/h1,3-4,7,10,13H,2,5-6,8-9H2,(H,18,20)(H,21,22). The molecular weight excluding hydrogens is 344 g/mol. The number of aromatic nitrogens is 1. The van der Waals surface area contributed by atoms with Gasteiger partial charge in [0.05, 0.1) is 12.6 Å². The second-order valence-electron chi connectivity index (χ2n) is 5.59. The molecule has 0 radical (unpaired) electrons. The van der Waals surface area contributed by atoms with Crippen molar-refractivity contribution in [2.75, 3.05) is 13.2 Å². The Balaban J connectivity index is 1.54. The topological polar surface area (TPSA) is 97.8 Å². The number of rotatable bonds is 7. The smallest absolute Gasteiger partial charge is 0.355 e. The van der Waals surface area contributed by atoms with Crippen molar-refractivity contribution < 1.29 is 24.2 Å². The molecule has 2 N–H and O–H groups in total. The molecule has 8 heteroatoms. The van der Waals surface area contributed by atoms with Gasteiger partial charge in [-0.15, -0.1) is 11.3 Å². The fourth-order valence-corrected chi connectivity index (χ4v) is 3.15. The fraction of sp³-hybridized carbons (Fsp3) is 0.353. The van der Waals surface area contributed by atoms with Crippen molar-refractivity contribution in [2.45, 2.75) is 25.5 Å². The third kappa shape index (κ3) is 4.77. The molecule has 1 amide bonds. The number of carboxylic acid groups (broad SMARTS) is 1. The van der Waals surface area contributed by atoms with E-state index in [4.69, 9.17) is 14.6 Å². The Labute approximate surface area is 148 Å². The van der Waals surface area contributed by atoms with E-state index in [0.717, 1.165) is 19.4 Å². The van der Waals surface area contributed by atoms with Gasteiger partial charge in [-0.2, -0.15) is 0 Å². The Morgan fingerprint density at radius 1 is 1.44 bits per heavy atom. The minimum atomic E-state index is -1.08. The second-order valence-corrected chi connectivity index (χ2v) is 6.53. The van der Waals surface area contributed by atoms with Gasteiger partial charge in [-0.25, -0.2) is 9.78 Å². The van der Waals surface area contributed by atoms with Crippen LogP contribution in [-0.4, -0.2) is 41.3 Å². The summed E-state index contributed by atoms with van der Waals surface area (Å²) in [6.07, 6.45) is 2.16. The lowest BCUT2D eigenvalue weighted by Crippen LogP contribution is -2.23. The molecule has 1 atom stereocenters. The molecule has 1 unspecified atom stereocenters. The van der Waals surface area contributed by atoms with Gasteiger partial charge >= 0.3 is 5.97 Å². The number of nitrogens with zero attached hydrogens (tertiary/aromatic N) is 1. The Hall–Kier alpha value is -2.45. The molecule has 132 valence electrons. The van der Waals surface area contributed by atoms with Crippen LogP contribution in [0.25, 0.3) is 0 Å². The third-order valence-electron chi connectivity index (χ3n) is 3.73. The van der Waals surface area contributed by atoms with Gasteiger partial charge in [0, 0.05) is 17.6 Å². The summed E-state index contributed by atoms with van der Waals surface area (Å²) < 4.78 is 11.2. The number of aromatic carboxylic acids is 1. The number of carboxylic acids is 1. The predicted octanol–water partition coefficient (Wildman–Crippen LogP) is 2.33. The van der Waals surface area contributed by atoms with Crippen LogP contribution < -0.4 is 10.1 Å². The molecular formula is C17H18N2O5S. The number of carbonyl (C=O) groups is 2. The number of hydrogen-bond donors (Lipinski definition) is 2. The van der Waals surface area contributed by atoms with Crippen LogP contribution in [0.1, 0.15) is 38.7 Å². The van der Waals surface area contributed by atoms with Crippen LogP contribution in [0.3, 0.4) is 0 Å². The summed E-state index contributed by atoms with van der Waals surface area (Å²) in [4.78, 5) is 27.0. The minimum absolute atomic E-state index is 0.0150. The molecule has 0 saturated carbocycles. The number of nitrogens with one attached hydrogen (secondary N) is 1. The average Bonchev–Trinajstić information content (AvgIpc) is 3.30. The quantitative estimate of drug-likeness (QED) is 0.784. The van der Waals surface area contributed by atoms with Crippen LogP contribution in [0.15, 0.2) is 29.6 Å². The molecule has 2 heterocycles. The molecule has 1 saturated heterocycles. The van der Waals surface area contributed by atoms with Gasteiger partial charge in [0.1, 0.15) is 17.4 Å². The summed E-state index contributed by atoms with van der Waals surface area (Å²) in [7, 11) is 0. The van der Waals surface area contributed by atoms with E-state index in [1.807, 2.05) is 0 Å². The van der Waals surface area contributed by atoms with Crippen LogP contribution in [0, 0.1) is 0 Å². The highest BCUT2D eigenvalue weighted by molar-refractivity contribution is 7.09. The Morgan fingerprint density at radius 3 is 3.04 bits per heavy atom. The fourth-order valence-electron chi connectivity index (χ4n) is 2.44. The van der Waals surface area contributed by atoms with Gasteiger partial charge in [0.2, 0.25) is 0 Å². The third-order valence-corrected chi connectivity index (χ3v) is 4.58. The minimum Gasteiger partial charge on any atom is -0.491 e. The van der Waals surface area contributed by atoms with Crippen molar-refractivity contribution in [3.8, 4) is 5.75 Å². The Bertz CT molecular complexity index is 755. The molecule has 1 aliphatic rings. The summed E-state index contributed by atoms with van der Waals surface area (Å²) in [6, 6.07) is 6.92. The zero-order valence-corrected chi connectivity index (χ0v) is 14.3. The molecule has 1 aromatic heterocycles. The van der Waals surface area contributed by atoms with Crippen LogP contribution in [-0.2, 0) is 11.3 Å². The zero-order valence-electron chi connectivity index (χ0n) is 13.4. The van der Waals surface area contributed by atoms with Gasteiger partial charge in [-0.1, -0.05) is 6.07 Å². The van der Waals surface area contributed by atoms with Gasteiger partial charge in [-0.05, 0) is 31.0 Å². The van der Waals surface area contributed by atoms with Crippen molar-refractivity contribution in [3.63, 3.8) is 0 Å². The number of hydrogen-bond acceptors (Lipinski definition) is 6. The summed E-state index contributed by atoms with van der Waals surface area (Å²) >= 11 is 1.20. The molecule has 1 aromatic carbocycles. The number of benzene rings is 1. The van der Waals surface area contributed by atoms with E-state index in [-0.39, 0.29) is 24.2 Å². The molecule has 0 spiro atoms. The van der Waals surface area contributed by atoms with E-state index in [0.29, 0.717) is 22.9 Å². The Kier molecular flexibility index (Phi) is 5.62. The maximum atomic E-state index is 12.2. The highest BCUT2D eigenvalue weighted by Gasteiger charge is 2.16. The number of ether oxygens (including phenoxy) is 2. The van der Waals surface area contributed by atoms with Crippen molar-refractivity contribution in [3.05, 3.63) is 45.9 Å². The van der Waals surface area contributed by atoms with E-state index in [1.54, 1.807) is 24.3 Å². The Morgan fingerprint density at radius 2 is 2.32 bits per heavy atom. The lowest BCUT2D eigenvalue weighted by atomic mass is 10.2. The van der Waals surface area contributed by atoms with Crippen LogP contribution in [0.5, 0.6) is 5.75 Å². The van der Waals surface area contributed by atoms with Crippen LogP contribution in [0.4, 0.5) is 0 Å². The maximum Gasteiger partial charge on any atom is 0.355 e. The van der Waals surface area contributed by atoms with Crippen molar-refractivity contribution in [1.29, 1.82) is 0 Å². The van der Waals surface area contributed by atoms with Gasteiger partial charge in [0.15, 0.2) is 5.69 Å². The molecule has 0 bridgehead atoms. The number of amides is 1. The lowest BCUT2D eigenvalue weighted by molar-refractivity contribution is 0.0678. The normalized spacial score (nSPS) is 16.6. The summed E-state index contributed by atoms with van der Waals surface area (Å²) in [5, 5.41) is 13.6. The highest BCUT2D eigenvalue weighted by Crippen LogP contribution is 2.17. The van der Waals surface area contributed by atoms with Crippen LogP contribution in [0.2, 0.25) is 0 Å². The van der Waals surface area contributed by atoms with E-state index >= 15 is 0 Å². The lowest BCUT2D eigenvalue weighted by Gasteiger charge is -2.12. The second kappa shape index (κ2) is 8.09. The van der Waals surface area contributed by atoms with Crippen molar-refractivity contribution in [2.24, 2.45) is 0 Å². The SMILES string of the molecule is O=C(NCc1nc(C(=O)O)cs1)c1cccc(OCC2CCCO2)c1. The number of thiazole rings is 1. The first-order chi connectivity index (χ1) is 12.1. The van der Waals surface area contributed by atoms with E-state index in [1.165, 1.54) is 16.7 Å². The van der Waals surface area contributed by atoms with Gasteiger partial charge in [0.25, 0.3) is 5.91 Å². The van der Waals surface area contributed by atoms with E-state index in [2.05, 4.69) is 10.3 Å². The molecule has 1 fully saturated rings. The summed E-state index contributed by atoms with van der Waals surface area (Å²) in [5.41, 5.74) is 0.457. The van der Waals surface area contributed by atoms with Crippen molar-refractivity contribution in [1.82, 2.24) is 10.3 Å². The molecule has 7 nitrogen and oxygen atoms in total. The average molecular weight is 362 g/mol. The molecule has 1 aliphatic heterocycles. The zero-order chi connectivity index (χ0) is 17.6. The molecule has 25 heavy (non-hydrogen) atoms. The molecule has 0 aliphatic carbocycles. The summed E-state index contributed by atoms with van der Waals surface area (Å²) in [6.45, 7) is 1.43. The van der Waals surface area contributed by atoms with Crippen LogP contribution >= 0.6 is 11.3 Å². The number of carbonyl (C=O) groups excluding carboxylic acids is 1. The largest absolute Gasteiger partial charge is 0.491 e. The van der Waals surface area contributed by atoms with Gasteiger partial charge in [-0.3, -0.25) is 4.79 Å². The first kappa shape index (κ1) is 17.4. The summed E-state index contributed by atoms with van der Waals surface area (Å²) in [5.74, 6) is -0.731. The first-order valence-electron chi connectivity index (χ1n) is 7.92. The predicted molar refractivity (Wildman–Crippen MR) is 91.2 cm³/mol.